The van der Waals surface area contributed by atoms with Crippen LogP contribution in [-0.4, -0.2) is 37.0 Å². The third kappa shape index (κ3) is 6.14. The van der Waals surface area contributed by atoms with E-state index in [1.54, 1.807) is 18.5 Å². The Kier molecular flexibility index (Phi) is 6.47. The minimum Gasteiger partial charge on any atom is -0.444 e. The summed E-state index contributed by atoms with van der Waals surface area (Å²) in [6, 6.07) is 1.66. The topological polar surface area (TPSA) is 69.7 Å². The van der Waals surface area contributed by atoms with Crippen molar-refractivity contribution in [2.75, 3.05) is 13.2 Å². The van der Waals surface area contributed by atoms with Gasteiger partial charge in [0.15, 0.2) is 0 Å². The maximum absolute atomic E-state index is 12.1. The summed E-state index contributed by atoms with van der Waals surface area (Å²) >= 11 is 0. The highest BCUT2D eigenvalue weighted by molar-refractivity contribution is 6.61. The van der Waals surface area contributed by atoms with E-state index in [0.29, 0.717) is 19.6 Å². The predicted molar refractivity (Wildman–Crippen MR) is 102 cm³/mol. The van der Waals surface area contributed by atoms with Gasteiger partial charge in [-0.05, 0) is 32.8 Å². The molecule has 0 radical (unpaired) electrons. The molecule has 1 aromatic heterocycles. The summed E-state index contributed by atoms with van der Waals surface area (Å²) in [7, 11) is -0.443. The van der Waals surface area contributed by atoms with Gasteiger partial charge in [0.05, 0.1) is 6.04 Å². The second-order valence-electron chi connectivity index (χ2n) is 8.39. The molecule has 1 amide bonds. The Balaban J connectivity index is 2.11. The standard InChI is InChI=1S/C19H29BN2O4/c1-7-8-16(22-17(23)26-18(2,3)4)14-9-15(11-21-10-14)20-24-12-19(5,6)13-25-20/h7,9-11,16H,1,8,12-13H2,2-6H3,(H,22,23)/t16-/m0/s1. The molecule has 1 saturated heterocycles. The molecular formula is C19H29BN2O4. The lowest BCUT2D eigenvalue weighted by Gasteiger charge is -2.33. The van der Waals surface area contributed by atoms with Crippen molar-refractivity contribution in [3.63, 3.8) is 0 Å². The van der Waals surface area contributed by atoms with Gasteiger partial charge in [-0.1, -0.05) is 26.0 Å². The first-order valence-corrected chi connectivity index (χ1v) is 8.88. The molecule has 1 aliphatic rings. The summed E-state index contributed by atoms with van der Waals surface area (Å²) in [5.41, 5.74) is 1.13. The average molecular weight is 360 g/mol. The molecule has 1 atom stereocenters. The zero-order valence-corrected chi connectivity index (χ0v) is 16.4. The molecule has 1 N–H and O–H groups in total. The molecule has 0 aromatic carbocycles. The van der Waals surface area contributed by atoms with Crippen LogP contribution in [0, 0.1) is 5.41 Å². The SMILES string of the molecule is C=CC[C@H](NC(=O)OC(C)(C)C)c1cncc(B2OCC(C)(C)CO2)c1. The van der Waals surface area contributed by atoms with E-state index in [4.69, 9.17) is 14.0 Å². The van der Waals surface area contributed by atoms with Gasteiger partial charge in [0.2, 0.25) is 0 Å². The first-order chi connectivity index (χ1) is 12.1. The number of hydrogen-bond donors (Lipinski definition) is 1. The average Bonchev–Trinajstić information content (AvgIpc) is 2.53. The fraction of sp³-hybridized carbons (Fsp3) is 0.579. The van der Waals surface area contributed by atoms with Crippen LogP contribution in [0.4, 0.5) is 4.79 Å². The van der Waals surface area contributed by atoms with Crippen LogP contribution in [0.3, 0.4) is 0 Å². The van der Waals surface area contributed by atoms with Crippen molar-refractivity contribution < 1.29 is 18.8 Å². The number of aromatic nitrogens is 1. The van der Waals surface area contributed by atoms with Crippen molar-refractivity contribution in [3.05, 3.63) is 36.7 Å². The van der Waals surface area contributed by atoms with Crippen molar-refractivity contribution in [1.82, 2.24) is 10.3 Å². The van der Waals surface area contributed by atoms with Crippen molar-refractivity contribution in [3.8, 4) is 0 Å². The van der Waals surface area contributed by atoms with E-state index in [9.17, 15) is 4.79 Å². The number of hydrogen-bond acceptors (Lipinski definition) is 5. The summed E-state index contributed by atoms with van der Waals surface area (Å²) in [6.07, 6.45) is 5.29. The number of carbonyl (C=O) groups is 1. The zero-order valence-electron chi connectivity index (χ0n) is 16.4. The molecule has 26 heavy (non-hydrogen) atoms. The molecule has 1 aliphatic heterocycles. The summed E-state index contributed by atoms with van der Waals surface area (Å²) in [5.74, 6) is 0. The van der Waals surface area contributed by atoms with E-state index in [1.165, 1.54) is 0 Å². The Morgan fingerprint density at radius 2 is 2.08 bits per heavy atom. The number of ether oxygens (including phenoxy) is 1. The van der Waals surface area contributed by atoms with Crippen LogP contribution < -0.4 is 10.8 Å². The quantitative estimate of drug-likeness (QED) is 0.646. The van der Waals surface area contributed by atoms with E-state index in [2.05, 4.69) is 30.7 Å². The summed E-state index contributed by atoms with van der Waals surface area (Å²) in [4.78, 5) is 16.4. The molecular weight excluding hydrogens is 331 g/mol. The van der Waals surface area contributed by atoms with Crippen LogP contribution in [-0.2, 0) is 14.0 Å². The molecule has 0 bridgehead atoms. The van der Waals surface area contributed by atoms with Crippen molar-refractivity contribution in [1.29, 1.82) is 0 Å². The van der Waals surface area contributed by atoms with Gasteiger partial charge >= 0.3 is 13.2 Å². The van der Waals surface area contributed by atoms with Crippen LogP contribution in [0.1, 0.15) is 52.6 Å². The molecule has 2 rings (SSSR count). The lowest BCUT2D eigenvalue weighted by atomic mass is 9.76. The first-order valence-electron chi connectivity index (χ1n) is 8.88. The van der Waals surface area contributed by atoms with Crippen LogP contribution >= 0.6 is 0 Å². The number of nitrogens with zero attached hydrogens (tertiary/aromatic N) is 1. The summed E-state index contributed by atoms with van der Waals surface area (Å²) in [5, 5.41) is 2.88. The second kappa shape index (κ2) is 8.23. The zero-order chi connectivity index (χ0) is 19.4. The van der Waals surface area contributed by atoms with Gasteiger partial charge < -0.3 is 19.4 Å². The Morgan fingerprint density at radius 3 is 2.65 bits per heavy atom. The normalized spacial score (nSPS) is 18.1. The fourth-order valence-corrected chi connectivity index (χ4v) is 2.58. The lowest BCUT2D eigenvalue weighted by Crippen LogP contribution is -2.47. The van der Waals surface area contributed by atoms with Crippen LogP contribution in [0.2, 0.25) is 0 Å². The van der Waals surface area contributed by atoms with Gasteiger partial charge in [-0.15, -0.1) is 6.58 Å². The van der Waals surface area contributed by atoms with Gasteiger partial charge in [-0.2, -0.15) is 0 Å². The largest absolute Gasteiger partial charge is 0.495 e. The minimum absolute atomic E-state index is 0.00514. The molecule has 2 heterocycles. The van der Waals surface area contributed by atoms with Crippen molar-refractivity contribution in [2.45, 2.75) is 52.7 Å². The number of nitrogens with one attached hydrogen (secondary N) is 1. The predicted octanol–water partition coefficient (Wildman–Crippen LogP) is 2.99. The Labute approximate surface area is 156 Å². The van der Waals surface area contributed by atoms with E-state index in [1.807, 2.05) is 26.8 Å². The summed E-state index contributed by atoms with van der Waals surface area (Å²) < 4.78 is 17.0. The first kappa shape index (κ1) is 20.5. The summed E-state index contributed by atoms with van der Waals surface area (Å²) in [6.45, 7) is 14.7. The van der Waals surface area contributed by atoms with Gasteiger partial charge in [-0.25, -0.2) is 4.79 Å². The molecule has 1 fully saturated rings. The Morgan fingerprint density at radius 1 is 1.42 bits per heavy atom. The van der Waals surface area contributed by atoms with Gasteiger partial charge in [-0.3, -0.25) is 4.98 Å². The van der Waals surface area contributed by atoms with E-state index >= 15 is 0 Å². The maximum Gasteiger partial charge on any atom is 0.495 e. The fourth-order valence-electron chi connectivity index (χ4n) is 2.58. The number of amides is 1. The highest BCUT2D eigenvalue weighted by Crippen LogP contribution is 2.22. The molecule has 0 saturated carbocycles. The van der Waals surface area contributed by atoms with Crippen LogP contribution in [0.5, 0.6) is 0 Å². The highest BCUT2D eigenvalue weighted by atomic mass is 16.6. The molecule has 0 unspecified atom stereocenters. The molecule has 7 heteroatoms. The Hall–Kier alpha value is -1.86. The minimum atomic E-state index is -0.556. The third-order valence-corrected chi connectivity index (χ3v) is 3.80. The lowest BCUT2D eigenvalue weighted by molar-refractivity contribution is 0.0343. The highest BCUT2D eigenvalue weighted by Gasteiger charge is 2.34. The van der Waals surface area contributed by atoms with E-state index in [-0.39, 0.29) is 11.5 Å². The number of carbonyl (C=O) groups excluding carboxylic acids is 1. The number of rotatable bonds is 5. The number of alkyl carbamates (subject to hydrolysis) is 1. The van der Waals surface area contributed by atoms with Crippen LogP contribution in [0.15, 0.2) is 31.1 Å². The molecule has 1 aromatic rings. The monoisotopic (exact) mass is 360 g/mol. The molecule has 142 valence electrons. The molecule has 6 nitrogen and oxygen atoms in total. The molecule has 0 spiro atoms. The van der Waals surface area contributed by atoms with Gasteiger partial charge in [0.1, 0.15) is 5.60 Å². The van der Waals surface area contributed by atoms with Gasteiger partial charge in [0.25, 0.3) is 0 Å². The van der Waals surface area contributed by atoms with Crippen molar-refractivity contribution >= 4 is 18.7 Å². The van der Waals surface area contributed by atoms with E-state index in [0.717, 1.165) is 11.0 Å². The third-order valence-electron chi connectivity index (χ3n) is 3.80. The van der Waals surface area contributed by atoms with Crippen molar-refractivity contribution in [2.24, 2.45) is 5.41 Å². The van der Waals surface area contributed by atoms with Gasteiger partial charge in [0, 0.05) is 36.5 Å². The maximum atomic E-state index is 12.1. The van der Waals surface area contributed by atoms with Crippen LogP contribution in [0.25, 0.3) is 0 Å². The number of pyridine rings is 1. The molecule has 0 aliphatic carbocycles. The second-order valence-corrected chi connectivity index (χ2v) is 8.39. The Bertz CT molecular complexity index is 633. The van der Waals surface area contributed by atoms with E-state index < -0.39 is 18.8 Å². The smallest absolute Gasteiger partial charge is 0.444 e.